The van der Waals surface area contributed by atoms with Gasteiger partial charge in [0.25, 0.3) is 10.2 Å². The van der Waals surface area contributed by atoms with Crippen LogP contribution in [0.1, 0.15) is 25.7 Å². The molecule has 1 saturated carbocycles. The van der Waals surface area contributed by atoms with Gasteiger partial charge in [0.05, 0.1) is 6.42 Å². The largest absolute Gasteiger partial charge is 0.481 e. The first kappa shape index (κ1) is 15.7. The fourth-order valence-corrected chi connectivity index (χ4v) is 4.19. The van der Waals surface area contributed by atoms with Crippen LogP contribution in [0.15, 0.2) is 0 Å². The molecule has 0 aromatic heterocycles. The number of rotatable bonds is 7. The highest BCUT2D eigenvalue weighted by atomic mass is 32.2. The molecule has 0 aromatic carbocycles. The molecule has 2 unspecified atom stereocenters. The molecule has 6 nitrogen and oxygen atoms in total. The minimum absolute atomic E-state index is 0.0126. The van der Waals surface area contributed by atoms with E-state index in [9.17, 15) is 13.2 Å². The lowest BCUT2D eigenvalue weighted by Crippen LogP contribution is -2.46. The summed E-state index contributed by atoms with van der Waals surface area (Å²) in [6.07, 6.45) is 4.68. The van der Waals surface area contributed by atoms with Crippen LogP contribution < -0.4 is 4.72 Å². The maximum absolute atomic E-state index is 12.0. The third kappa shape index (κ3) is 4.42. The maximum atomic E-state index is 12.0. The van der Waals surface area contributed by atoms with Crippen LogP contribution in [-0.4, -0.2) is 54.9 Å². The van der Waals surface area contributed by atoms with Crippen molar-refractivity contribution < 1.29 is 18.3 Å². The summed E-state index contributed by atoms with van der Waals surface area (Å²) in [6, 6.07) is -0.0442. The van der Waals surface area contributed by atoms with Gasteiger partial charge < -0.3 is 5.11 Å². The summed E-state index contributed by atoms with van der Waals surface area (Å²) in [7, 11) is -2.18. The van der Waals surface area contributed by atoms with Crippen molar-refractivity contribution in [2.24, 2.45) is 0 Å². The first-order chi connectivity index (χ1) is 8.36. The van der Waals surface area contributed by atoms with Gasteiger partial charge in [-0.1, -0.05) is 6.42 Å². The van der Waals surface area contributed by atoms with Crippen molar-refractivity contribution in [1.29, 1.82) is 0 Å². The van der Waals surface area contributed by atoms with Crippen molar-refractivity contribution in [2.75, 3.05) is 19.8 Å². The zero-order valence-electron chi connectivity index (χ0n) is 10.6. The van der Waals surface area contributed by atoms with Crippen molar-refractivity contribution in [1.82, 2.24) is 9.03 Å². The molecule has 0 aliphatic heterocycles. The summed E-state index contributed by atoms with van der Waals surface area (Å²) in [5.41, 5.74) is 0. The summed E-state index contributed by atoms with van der Waals surface area (Å²) in [5, 5.41) is 8.86. The molecule has 106 valence electrons. The van der Waals surface area contributed by atoms with Crippen LogP contribution in [0.5, 0.6) is 0 Å². The number of carboxylic acid groups (broad SMARTS) is 1. The van der Waals surface area contributed by atoms with Gasteiger partial charge >= 0.3 is 5.97 Å². The highest BCUT2D eigenvalue weighted by Gasteiger charge is 2.31. The normalized spacial score (nSPS) is 24.6. The zero-order valence-corrected chi connectivity index (χ0v) is 12.3. The van der Waals surface area contributed by atoms with Crippen molar-refractivity contribution in [3.05, 3.63) is 0 Å². The first-order valence-corrected chi connectivity index (χ1v) is 8.58. The number of nitrogens with one attached hydrogen (secondary N) is 1. The molecule has 1 aliphatic rings. The fourth-order valence-electron chi connectivity index (χ4n) is 2.00. The second kappa shape index (κ2) is 6.74. The van der Waals surface area contributed by atoms with E-state index >= 15 is 0 Å². The van der Waals surface area contributed by atoms with E-state index in [1.54, 1.807) is 11.8 Å². The fraction of sp³-hybridized carbons (Fsp3) is 0.900. The summed E-state index contributed by atoms with van der Waals surface area (Å²) < 4.78 is 27.7. The SMILES string of the molecule is CSC1CCCC1NS(=O)(=O)N(C)CCC(=O)O. The molecule has 0 radical (unpaired) electrons. The standard InChI is InChI=1S/C10H20N2O4S2/c1-12(7-6-10(13)14)18(15,16)11-8-4-3-5-9(8)17-2/h8-9,11H,3-7H2,1-2H3,(H,13,14). The van der Waals surface area contributed by atoms with Crippen LogP contribution in [0, 0.1) is 0 Å². The topological polar surface area (TPSA) is 86.7 Å². The van der Waals surface area contributed by atoms with E-state index in [-0.39, 0.29) is 19.0 Å². The zero-order chi connectivity index (χ0) is 13.8. The molecule has 0 saturated heterocycles. The van der Waals surface area contributed by atoms with E-state index in [0.717, 1.165) is 23.6 Å². The number of nitrogens with zero attached hydrogens (tertiary/aromatic N) is 1. The van der Waals surface area contributed by atoms with E-state index in [0.29, 0.717) is 5.25 Å². The van der Waals surface area contributed by atoms with Gasteiger partial charge in [0, 0.05) is 24.9 Å². The van der Waals surface area contributed by atoms with E-state index < -0.39 is 16.2 Å². The summed E-state index contributed by atoms with van der Waals surface area (Å²) >= 11 is 1.67. The lowest BCUT2D eigenvalue weighted by Gasteiger charge is -2.23. The second-order valence-electron chi connectivity index (χ2n) is 4.40. The molecule has 0 amide bonds. The Labute approximate surface area is 112 Å². The molecular weight excluding hydrogens is 276 g/mol. The van der Waals surface area contributed by atoms with Gasteiger partial charge in [-0.3, -0.25) is 4.79 Å². The molecule has 8 heteroatoms. The molecule has 1 fully saturated rings. The number of aliphatic carboxylic acids is 1. The van der Waals surface area contributed by atoms with Crippen molar-refractivity contribution in [2.45, 2.75) is 37.0 Å². The number of hydrogen-bond acceptors (Lipinski definition) is 4. The summed E-state index contributed by atoms with van der Waals surface area (Å²) in [5.74, 6) is -1.00. The molecule has 0 bridgehead atoms. The molecule has 0 aromatic rings. The lowest BCUT2D eigenvalue weighted by molar-refractivity contribution is -0.137. The number of hydrogen-bond donors (Lipinski definition) is 2. The molecule has 1 aliphatic carbocycles. The molecule has 2 atom stereocenters. The van der Waals surface area contributed by atoms with E-state index in [4.69, 9.17) is 5.11 Å². The molecule has 0 heterocycles. The predicted octanol–water partition coefficient (Wildman–Crippen LogP) is 0.511. The third-order valence-corrected chi connectivity index (χ3v) is 5.88. The number of thioether (sulfide) groups is 1. The Morgan fingerprint density at radius 3 is 2.72 bits per heavy atom. The smallest absolute Gasteiger partial charge is 0.304 e. The third-order valence-electron chi connectivity index (χ3n) is 3.11. The first-order valence-electron chi connectivity index (χ1n) is 5.85. The van der Waals surface area contributed by atoms with Gasteiger partial charge in [-0.05, 0) is 19.1 Å². The monoisotopic (exact) mass is 296 g/mol. The maximum Gasteiger partial charge on any atom is 0.304 e. The molecule has 2 N–H and O–H groups in total. The molecule has 18 heavy (non-hydrogen) atoms. The molecule has 1 rings (SSSR count). The van der Waals surface area contributed by atoms with Gasteiger partial charge in [-0.2, -0.15) is 29.2 Å². The minimum atomic E-state index is -3.58. The Morgan fingerprint density at radius 2 is 2.17 bits per heavy atom. The Hall–Kier alpha value is -0.310. The van der Waals surface area contributed by atoms with Gasteiger partial charge in [-0.15, -0.1) is 0 Å². The molecular formula is C10H20N2O4S2. The van der Waals surface area contributed by atoms with Crippen LogP contribution >= 0.6 is 11.8 Å². The molecule has 0 spiro atoms. The average Bonchev–Trinajstić information content (AvgIpc) is 2.72. The van der Waals surface area contributed by atoms with Crippen LogP contribution in [0.25, 0.3) is 0 Å². The second-order valence-corrected chi connectivity index (χ2v) is 7.29. The quantitative estimate of drug-likeness (QED) is 0.715. The average molecular weight is 296 g/mol. The Bertz CT molecular complexity index is 385. The van der Waals surface area contributed by atoms with Gasteiger partial charge in [-0.25, -0.2) is 0 Å². The van der Waals surface area contributed by atoms with Gasteiger partial charge in [0.15, 0.2) is 0 Å². The van der Waals surface area contributed by atoms with Crippen LogP contribution in [0.3, 0.4) is 0 Å². The Balaban J connectivity index is 2.55. The van der Waals surface area contributed by atoms with E-state index in [1.807, 2.05) is 6.26 Å². The van der Waals surface area contributed by atoms with E-state index in [2.05, 4.69) is 4.72 Å². The highest BCUT2D eigenvalue weighted by Crippen LogP contribution is 2.28. The summed E-state index contributed by atoms with van der Waals surface area (Å²) in [4.78, 5) is 10.4. The van der Waals surface area contributed by atoms with Crippen molar-refractivity contribution in [3.8, 4) is 0 Å². The van der Waals surface area contributed by atoms with Crippen LogP contribution in [-0.2, 0) is 15.0 Å². The van der Waals surface area contributed by atoms with Crippen molar-refractivity contribution >= 4 is 27.9 Å². The van der Waals surface area contributed by atoms with Crippen molar-refractivity contribution in [3.63, 3.8) is 0 Å². The number of carboxylic acids is 1. The minimum Gasteiger partial charge on any atom is -0.481 e. The van der Waals surface area contributed by atoms with Gasteiger partial charge in [0.1, 0.15) is 0 Å². The highest BCUT2D eigenvalue weighted by molar-refractivity contribution is 7.99. The van der Waals surface area contributed by atoms with Gasteiger partial charge in [0.2, 0.25) is 0 Å². The van der Waals surface area contributed by atoms with Crippen LogP contribution in [0.4, 0.5) is 0 Å². The number of carbonyl (C=O) groups is 1. The Morgan fingerprint density at radius 1 is 1.50 bits per heavy atom. The summed E-state index contributed by atoms with van der Waals surface area (Å²) in [6.45, 7) is -0.0126. The van der Waals surface area contributed by atoms with Crippen LogP contribution in [0.2, 0.25) is 0 Å². The Kier molecular flexibility index (Phi) is 5.90. The van der Waals surface area contributed by atoms with E-state index in [1.165, 1.54) is 7.05 Å². The lowest BCUT2D eigenvalue weighted by atomic mass is 10.3. The predicted molar refractivity (Wildman–Crippen MR) is 71.9 cm³/mol.